The van der Waals surface area contributed by atoms with E-state index < -0.39 is 47.9 Å². The Balaban J connectivity index is 2.60. The number of carboxylic acids is 1. The fraction of sp³-hybridized carbons (Fsp3) is 0.444. The van der Waals surface area contributed by atoms with Gasteiger partial charge in [0.1, 0.15) is 23.9 Å². The maximum absolute atomic E-state index is 12.3. The molecule has 1 aromatic carbocycles. The van der Waals surface area contributed by atoms with E-state index in [0.29, 0.717) is 0 Å². The second kappa shape index (κ2) is 12.3. The number of benzene rings is 1. The van der Waals surface area contributed by atoms with Crippen LogP contribution in [-0.2, 0) is 25.6 Å². The second-order valence-corrected chi connectivity index (χ2v) is 7.26. The van der Waals surface area contributed by atoms with Crippen molar-refractivity contribution >= 4 is 48.9 Å². The van der Waals surface area contributed by atoms with E-state index in [4.69, 9.17) is 10.8 Å². The van der Waals surface area contributed by atoms with Crippen LogP contribution in [0.15, 0.2) is 24.3 Å². The molecule has 0 aromatic heterocycles. The van der Waals surface area contributed by atoms with E-state index in [1.807, 2.05) is 0 Å². The van der Waals surface area contributed by atoms with Gasteiger partial charge >= 0.3 is 5.97 Å². The third-order valence-electron chi connectivity index (χ3n) is 4.09. The van der Waals surface area contributed by atoms with Gasteiger partial charge in [-0.05, 0) is 31.0 Å². The average molecular weight is 459 g/mol. The van der Waals surface area contributed by atoms with Crippen molar-refractivity contribution in [1.29, 1.82) is 0 Å². The van der Waals surface area contributed by atoms with E-state index >= 15 is 0 Å². The Labute approximate surface area is 184 Å². The molecule has 0 fully saturated rings. The number of thiol groups is 2. The molecule has 0 radical (unpaired) electrons. The molecule has 0 aliphatic rings. The zero-order chi connectivity index (χ0) is 22.8. The lowest BCUT2D eigenvalue weighted by atomic mass is 10.1. The molecule has 10 nitrogen and oxygen atoms in total. The van der Waals surface area contributed by atoms with Crippen LogP contribution in [0.25, 0.3) is 0 Å². The van der Waals surface area contributed by atoms with Crippen LogP contribution in [0.5, 0.6) is 5.75 Å². The maximum Gasteiger partial charge on any atom is 0.327 e. The minimum absolute atomic E-state index is 0.0858. The highest BCUT2D eigenvalue weighted by molar-refractivity contribution is 7.80. The van der Waals surface area contributed by atoms with Crippen LogP contribution < -0.4 is 21.7 Å². The summed E-state index contributed by atoms with van der Waals surface area (Å²) in [6.45, 7) is 1.42. The largest absolute Gasteiger partial charge is 0.508 e. The van der Waals surface area contributed by atoms with Gasteiger partial charge in [0.05, 0.1) is 6.04 Å². The molecule has 4 unspecified atom stereocenters. The van der Waals surface area contributed by atoms with Crippen molar-refractivity contribution in [3.05, 3.63) is 29.8 Å². The van der Waals surface area contributed by atoms with Crippen molar-refractivity contribution in [1.82, 2.24) is 16.0 Å². The van der Waals surface area contributed by atoms with Crippen LogP contribution in [0.2, 0.25) is 0 Å². The van der Waals surface area contributed by atoms with Crippen LogP contribution >= 0.6 is 25.3 Å². The molecule has 1 rings (SSSR count). The summed E-state index contributed by atoms with van der Waals surface area (Å²) >= 11 is 7.85. The third-order valence-corrected chi connectivity index (χ3v) is 4.82. The number of aliphatic carboxylic acids is 1. The highest BCUT2D eigenvalue weighted by Crippen LogP contribution is 2.11. The van der Waals surface area contributed by atoms with Crippen LogP contribution in [0.4, 0.5) is 0 Å². The Hall–Kier alpha value is -2.44. The summed E-state index contributed by atoms with van der Waals surface area (Å²) in [4.78, 5) is 47.7. The van der Waals surface area contributed by atoms with Crippen molar-refractivity contribution in [2.24, 2.45) is 5.73 Å². The van der Waals surface area contributed by atoms with Crippen LogP contribution in [0, 0.1) is 0 Å². The van der Waals surface area contributed by atoms with E-state index in [1.54, 1.807) is 12.1 Å². The van der Waals surface area contributed by atoms with E-state index in [9.17, 15) is 24.3 Å². The Kier molecular flexibility index (Phi) is 10.5. The Morgan fingerprint density at radius 3 is 1.97 bits per heavy atom. The molecule has 3 amide bonds. The molecular weight excluding hydrogens is 432 g/mol. The summed E-state index contributed by atoms with van der Waals surface area (Å²) < 4.78 is 0. The van der Waals surface area contributed by atoms with Gasteiger partial charge in [-0.25, -0.2) is 4.79 Å². The van der Waals surface area contributed by atoms with Crippen LogP contribution in [0.1, 0.15) is 12.5 Å². The molecule has 1 aromatic rings. The first kappa shape index (κ1) is 25.6. The predicted octanol–water partition coefficient (Wildman–Crippen LogP) is -1.32. The number of carbonyl (C=O) groups is 4. The molecule has 0 aliphatic heterocycles. The van der Waals surface area contributed by atoms with E-state index in [-0.39, 0.29) is 23.7 Å². The predicted molar refractivity (Wildman–Crippen MR) is 117 cm³/mol. The molecule has 0 saturated carbocycles. The van der Waals surface area contributed by atoms with E-state index in [2.05, 4.69) is 41.2 Å². The van der Waals surface area contributed by atoms with Crippen molar-refractivity contribution in [3.8, 4) is 5.75 Å². The normalized spacial score (nSPS) is 14.7. The lowest BCUT2D eigenvalue weighted by Crippen LogP contribution is -2.57. The number of hydrogen-bond donors (Lipinski definition) is 8. The summed E-state index contributed by atoms with van der Waals surface area (Å²) in [6.07, 6.45) is 0.197. The smallest absolute Gasteiger partial charge is 0.327 e. The third kappa shape index (κ3) is 8.13. The summed E-state index contributed by atoms with van der Waals surface area (Å²) in [5, 5.41) is 25.4. The number of hydrogen-bond acceptors (Lipinski definition) is 8. The topological polar surface area (TPSA) is 171 Å². The molecule has 0 bridgehead atoms. The van der Waals surface area contributed by atoms with Gasteiger partial charge in [0.15, 0.2) is 0 Å². The fourth-order valence-corrected chi connectivity index (χ4v) is 2.82. The Morgan fingerprint density at radius 1 is 0.933 bits per heavy atom. The van der Waals surface area contributed by atoms with Crippen LogP contribution in [0.3, 0.4) is 0 Å². The zero-order valence-electron chi connectivity index (χ0n) is 16.2. The SMILES string of the molecule is CC(NC(=O)C(N)Cc1ccc(O)cc1)C(=O)NC(CS)C(=O)NC(CS)C(=O)O. The number of phenols is 1. The maximum atomic E-state index is 12.3. The van der Waals surface area contributed by atoms with Crippen molar-refractivity contribution < 1.29 is 29.4 Å². The molecule has 4 atom stereocenters. The molecule has 0 heterocycles. The van der Waals surface area contributed by atoms with Gasteiger partial charge in [-0.3, -0.25) is 14.4 Å². The number of carboxylic acid groups (broad SMARTS) is 1. The standard InChI is InChI=1S/C18H26N4O6S2/c1-9(20-16(25)12(19)6-10-2-4-11(23)5-3-10)15(24)21-13(7-29)17(26)22-14(8-30)18(27)28/h2-5,9,12-14,23,29-30H,6-8,19H2,1H3,(H,20,25)(H,21,24)(H,22,26)(H,27,28). The summed E-state index contributed by atoms with van der Waals surface area (Å²) in [5.74, 6) is -3.34. The lowest BCUT2D eigenvalue weighted by Gasteiger charge is -2.22. The van der Waals surface area contributed by atoms with Crippen molar-refractivity contribution in [2.75, 3.05) is 11.5 Å². The fourth-order valence-electron chi connectivity index (χ4n) is 2.31. The number of amides is 3. The molecule has 0 saturated heterocycles. The van der Waals surface area contributed by atoms with Crippen molar-refractivity contribution in [2.45, 2.75) is 37.5 Å². The lowest BCUT2D eigenvalue weighted by molar-refractivity contribution is -0.141. The first-order valence-electron chi connectivity index (χ1n) is 8.98. The Bertz CT molecular complexity index is 762. The van der Waals surface area contributed by atoms with Gasteiger partial charge < -0.3 is 31.9 Å². The van der Waals surface area contributed by atoms with Gasteiger partial charge in [0, 0.05) is 11.5 Å². The van der Waals surface area contributed by atoms with Gasteiger partial charge in [-0.15, -0.1) is 0 Å². The average Bonchev–Trinajstić information content (AvgIpc) is 2.70. The first-order chi connectivity index (χ1) is 14.1. The summed E-state index contributed by atoms with van der Waals surface area (Å²) in [7, 11) is 0. The molecule has 30 heavy (non-hydrogen) atoms. The number of aromatic hydroxyl groups is 1. The minimum Gasteiger partial charge on any atom is -0.508 e. The molecule has 12 heteroatoms. The molecule has 0 aliphatic carbocycles. The zero-order valence-corrected chi connectivity index (χ0v) is 18.0. The van der Waals surface area contributed by atoms with Crippen molar-refractivity contribution in [3.63, 3.8) is 0 Å². The molecular formula is C18H26N4O6S2. The molecule has 166 valence electrons. The number of rotatable bonds is 11. The highest BCUT2D eigenvalue weighted by atomic mass is 32.1. The van der Waals surface area contributed by atoms with Crippen LogP contribution in [-0.4, -0.2) is 69.6 Å². The first-order valence-corrected chi connectivity index (χ1v) is 10.2. The van der Waals surface area contributed by atoms with Gasteiger partial charge in [0.2, 0.25) is 17.7 Å². The van der Waals surface area contributed by atoms with E-state index in [1.165, 1.54) is 19.1 Å². The van der Waals surface area contributed by atoms with E-state index in [0.717, 1.165) is 5.56 Å². The Morgan fingerprint density at radius 2 is 1.47 bits per heavy atom. The van der Waals surface area contributed by atoms with Gasteiger partial charge in [-0.1, -0.05) is 12.1 Å². The highest BCUT2D eigenvalue weighted by Gasteiger charge is 2.27. The molecule has 7 N–H and O–H groups in total. The number of nitrogens with one attached hydrogen (secondary N) is 3. The quantitative estimate of drug-likeness (QED) is 0.190. The number of carbonyl (C=O) groups excluding carboxylic acids is 3. The molecule has 0 spiro atoms. The second-order valence-electron chi connectivity index (χ2n) is 6.53. The minimum atomic E-state index is -1.26. The monoisotopic (exact) mass is 458 g/mol. The van der Waals surface area contributed by atoms with Gasteiger partial charge in [0.25, 0.3) is 0 Å². The number of nitrogens with two attached hydrogens (primary N) is 1. The summed E-state index contributed by atoms with van der Waals surface area (Å²) in [5.41, 5.74) is 6.60. The number of phenolic OH excluding ortho intramolecular Hbond substituents is 1. The summed E-state index contributed by atoms with van der Waals surface area (Å²) in [6, 6.07) is 1.96. The van der Waals surface area contributed by atoms with Gasteiger partial charge in [-0.2, -0.15) is 25.3 Å².